The maximum Gasteiger partial charge on any atom is 0.324 e. The van der Waals surface area contributed by atoms with Gasteiger partial charge in [0, 0.05) is 36.7 Å². The number of fused-ring (bicyclic) bond motifs is 1. The molecule has 0 radical (unpaired) electrons. The Bertz CT molecular complexity index is 1620. The van der Waals surface area contributed by atoms with Gasteiger partial charge < -0.3 is 10.2 Å². The van der Waals surface area contributed by atoms with Crippen molar-refractivity contribution in [3.05, 3.63) is 102 Å². The molecule has 1 aromatic heterocycles. The third-order valence-corrected chi connectivity index (χ3v) is 6.86. The molecule has 0 saturated carbocycles. The third-order valence-electron chi connectivity index (χ3n) is 6.86. The minimum Gasteiger partial charge on any atom is -0.378 e. The number of anilines is 3. The van der Waals surface area contributed by atoms with E-state index >= 15 is 0 Å². The Labute approximate surface area is 230 Å². The zero-order chi connectivity index (χ0) is 27.7. The molecule has 39 heavy (non-hydrogen) atoms. The Hall–Kier alpha value is -4.58. The predicted molar refractivity (Wildman–Crippen MR) is 163 cm³/mol. The van der Waals surface area contributed by atoms with Crippen LogP contribution in [0.1, 0.15) is 32.0 Å². The average Bonchev–Trinajstić information content (AvgIpc) is 3.33. The van der Waals surface area contributed by atoms with Gasteiger partial charge in [0.2, 0.25) is 0 Å². The Balaban J connectivity index is 1.45. The Morgan fingerprint density at radius 3 is 2.13 bits per heavy atom. The first-order chi connectivity index (χ1) is 18.6. The smallest absolute Gasteiger partial charge is 0.324 e. The van der Waals surface area contributed by atoms with Crippen LogP contribution in [0, 0.1) is 6.92 Å². The van der Waals surface area contributed by atoms with Gasteiger partial charge in [-0.2, -0.15) is 5.10 Å². The number of urea groups is 1. The third kappa shape index (κ3) is 5.50. The number of benzene rings is 4. The van der Waals surface area contributed by atoms with E-state index in [-0.39, 0.29) is 11.4 Å². The number of carbonyl (C=O) groups is 1. The van der Waals surface area contributed by atoms with Gasteiger partial charge in [0.25, 0.3) is 0 Å². The van der Waals surface area contributed by atoms with Gasteiger partial charge in [-0.25, -0.2) is 9.48 Å². The summed E-state index contributed by atoms with van der Waals surface area (Å²) in [6.45, 7) is 8.38. The second-order valence-electron chi connectivity index (χ2n) is 11.1. The van der Waals surface area contributed by atoms with Gasteiger partial charge in [-0.1, -0.05) is 80.9 Å². The van der Waals surface area contributed by atoms with Crippen LogP contribution in [0.4, 0.5) is 22.0 Å². The fourth-order valence-corrected chi connectivity index (χ4v) is 4.59. The molecular formula is C33H35N5O. The molecule has 6 nitrogen and oxygen atoms in total. The van der Waals surface area contributed by atoms with Crippen molar-refractivity contribution in [2.75, 3.05) is 29.6 Å². The minimum absolute atomic E-state index is 0.167. The summed E-state index contributed by atoms with van der Waals surface area (Å²) in [6, 6.07) is 30.4. The lowest BCUT2D eigenvalue weighted by atomic mass is 9.92. The highest BCUT2D eigenvalue weighted by Gasteiger charge is 2.22. The molecule has 0 aliphatic heterocycles. The molecule has 2 N–H and O–H groups in total. The second kappa shape index (κ2) is 10.3. The number of hydrogen-bond acceptors (Lipinski definition) is 3. The maximum atomic E-state index is 13.3. The molecule has 5 aromatic rings. The number of rotatable bonds is 5. The summed E-state index contributed by atoms with van der Waals surface area (Å²) in [4.78, 5) is 15.4. The van der Waals surface area contributed by atoms with Gasteiger partial charge in [0.1, 0.15) is 5.82 Å². The summed E-state index contributed by atoms with van der Waals surface area (Å²) in [5.74, 6) is 0.614. The van der Waals surface area contributed by atoms with Crippen molar-refractivity contribution in [2.24, 2.45) is 0 Å². The SMILES string of the molecule is Cc1ccc(-n2nc(C(C)(C)C)cc2NC(=O)Nc2ccc(-c3ccc(N(C)C)cc3)c3ccccc23)cc1. The molecule has 6 heteroatoms. The van der Waals surface area contributed by atoms with Crippen molar-refractivity contribution in [3.8, 4) is 16.8 Å². The molecule has 0 spiro atoms. The standard InChI is InChI=1S/C33H35N5O/c1-22-11-15-25(16-12-22)38-31(21-30(36-38)33(2,3)4)35-32(39)34-29-20-19-26(27-9-7-8-10-28(27)29)23-13-17-24(18-14-23)37(5)6/h7-21H,1-6H3,(H2,34,35,39). The Kier molecular flexibility index (Phi) is 6.87. The van der Waals surface area contributed by atoms with E-state index in [1.54, 1.807) is 4.68 Å². The van der Waals surface area contributed by atoms with Crippen LogP contribution in [0.15, 0.2) is 91.0 Å². The highest BCUT2D eigenvalue weighted by molar-refractivity contribution is 6.09. The van der Waals surface area contributed by atoms with Crippen molar-refractivity contribution in [2.45, 2.75) is 33.1 Å². The number of nitrogens with zero attached hydrogens (tertiary/aromatic N) is 3. The summed E-state index contributed by atoms with van der Waals surface area (Å²) in [6.07, 6.45) is 0. The lowest BCUT2D eigenvalue weighted by molar-refractivity contribution is 0.262. The Morgan fingerprint density at radius 2 is 1.49 bits per heavy atom. The normalized spacial score (nSPS) is 11.4. The van der Waals surface area contributed by atoms with Crippen molar-refractivity contribution in [1.29, 1.82) is 0 Å². The molecule has 0 unspecified atom stereocenters. The maximum absolute atomic E-state index is 13.3. The van der Waals surface area contributed by atoms with Gasteiger partial charge in [0.15, 0.2) is 0 Å². The zero-order valence-electron chi connectivity index (χ0n) is 23.4. The predicted octanol–water partition coefficient (Wildman–Crippen LogP) is 8.01. The van der Waals surface area contributed by atoms with E-state index in [9.17, 15) is 4.79 Å². The summed E-state index contributed by atoms with van der Waals surface area (Å²) in [5, 5.41) is 13.0. The molecule has 0 aliphatic carbocycles. The van der Waals surface area contributed by atoms with Crippen LogP contribution in [0.5, 0.6) is 0 Å². The number of nitrogens with one attached hydrogen (secondary N) is 2. The number of carbonyl (C=O) groups excluding carboxylic acids is 1. The van der Waals surface area contributed by atoms with Gasteiger partial charge in [-0.05, 0) is 53.8 Å². The number of aryl methyl sites for hydroxylation is 1. The molecule has 5 rings (SSSR count). The number of amides is 2. The first-order valence-electron chi connectivity index (χ1n) is 13.2. The zero-order valence-corrected chi connectivity index (χ0v) is 23.4. The fraction of sp³-hybridized carbons (Fsp3) is 0.212. The van der Waals surface area contributed by atoms with E-state index in [0.29, 0.717) is 5.82 Å². The number of hydrogen-bond donors (Lipinski definition) is 2. The largest absolute Gasteiger partial charge is 0.378 e. The molecule has 0 bridgehead atoms. The van der Waals surface area contributed by atoms with Gasteiger partial charge >= 0.3 is 6.03 Å². The van der Waals surface area contributed by atoms with Crippen LogP contribution < -0.4 is 15.5 Å². The van der Waals surface area contributed by atoms with Gasteiger partial charge in [0.05, 0.1) is 17.1 Å². The van der Waals surface area contributed by atoms with E-state index < -0.39 is 0 Å². The van der Waals surface area contributed by atoms with E-state index in [2.05, 4.69) is 79.6 Å². The van der Waals surface area contributed by atoms with Crippen LogP contribution >= 0.6 is 0 Å². The van der Waals surface area contributed by atoms with Gasteiger partial charge in [-0.15, -0.1) is 0 Å². The van der Waals surface area contributed by atoms with Crippen molar-refractivity contribution >= 4 is 34.0 Å². The van der Waals surface area contributed by atoms with Crippen LogP contribution in [0.2, 0.25) is 0 Å². The molecule has 0 aliphatic rings. The first kappa shape index (κ1) is 26.0. The lowest BCUT2D eigenvalue weighted by Crippen LogP contribution is -2.21. The second-order valence-corrected chi connectivity index (χ2v) is 11.1. The van der Waals surface area contributed by atoms with Crippen LogP contribution in [0.25, 0.3) is 27.6 Å². The van der Waals surface area contributed by atoms with E-state index in [0.717, 1.165) is 50.2 Å². The molecule has 1 heterocycles. The summed E-state index contributed by atoms with van der Waals surface area (Å²) in [5.41, 5.74) is 6.93. The van der Waals surface area contributed by atoms with Crippen LogP contribution in [-0.4, -0.2) is 29.9 Å². The summed E-state index contributed by atoms with van der Waals surface area (Å²) in [7, 11) is 4.07. The van der Waals surface area contributed by atoms with Crippen molar-refractivity contribution < 1.29 is 4.79 Å². The van der Waals surface area contributed by atoms with Crippen molar-refractivity contribution in [3.63, 3.8) is 0 Å². The lowest BCUT2D eigenvalue weighted by Gasteiger charge is -2.15. The molecular weight excluding hydrogens is 482 g/mol. The highest BCUT2D eigenvalue weighted by Crippen LogP contribution is 2.34. The van der Waals surface area contributed by atoms with E-state index in [1.165, 1.54) is 0 Å². The summed E-state index contributed by atoms with van der Waals surface area (Å²) >= 11 is 0. The Morgan fingerprint density at radius 1 is 0.821 bits per heavy atom. The quantitative estimate of drug-likeness (QED) is 0.248. The molecule has 4 aromatic carbocycles. The first-order valence-corrected chi connectivity index (χ1v) is 13.2. The highest BCUT2D eigenvalue weighted by atomic mass is 16.2. The topological polar surface area (TPSA) is 62.2 Å². The van der Waals surface area contributed by atoms with E-state index in [4.69, 9.17) is 5.10 Å². The molecule has 0 fully saturated rings. The van der Waals surface area contributed by atoms with Crippen molar-refractivity contribution in [1.82, 2.24) is 9.78 Å². The fourth-order valence-electron chi connectivity index (χ4n) is 4.59. The molecule has 2 amide bonds. The van der Waals surface area contributed by atoms with E-state index in [1.807, 2.05) is 68.7 Å². The number of aromatic nitrogens is 2. The monoisotopic (exact) mass is 517 g/mol. The average molecular weight is 518 g/mol. The van der Waals surface area contributed by atoms with Gasteiger partial charge in [-0.3, -0.25) is 5.32 Å². The van der Waals surface area contributed by atoms with Crippen LogP contribution in [-0.2, 0) is 5.41 Å². The molecule has 0 saturated heterocycles. The van der Waals surface area contributed by atoms with Crippen LogP contribution in [0.3, 0.4) is 0 Å². The molecule has 198 valence electrons. The summed E-state index contributed by atoms with van der Waals surface area (Å²) < 4.78 is 1.79. The molecule has 0 atom stereocenters. The minimum atomic E-state index is -0.322.